The lowest BCUT2D eigenvalue weighted by Gasteiger charge is -2.20. The first kappa shape index (κ1) is 15.5. The summed E-state index contributed by atoms with van der Waals surface area (Å²) in [5.41, 5.74) is 2.34. The number of anilines is 1. The van der Waals surface area contributed by atoms with Crippen LogP contribution in [0.25, 0.3) is 0 Å². The molecule has 3 heteroatoms. The van der Waals surface area contributed by atoms with Crippen LogP contribution < -0.4 is 4.90 Å². The van der Waals surface area contributed by atoms with Crippen molar-refractivity contribution in [1.82, 2.24) is 0 Å². The highest BCUT2D eigenvalue weighted by Crippen LogP contribution is 2.21. The summed E-state index contributed by atoms with van der Waals surface area (Å²) in [5.74, 6) is 0.118. The normalized spacial score (nSPS) is 12.3. The first-order valence-corrected chi connectivity index (χ1v) is 6.88. The van der Waals surface area contributed by atoms with Crippen LogP contribution in [0.3, 0.4) is 0 Å². The molecule has 3 nitrogen and oxygen atoms in total. The molecule has 0 aliphatic heterocycles. The highest BCUT2D eigenvalue weighted by atomic mass is 16.5. The lowest BCUT2D eigenvalue weighted by Crippen LogP contribution is -2.25. The third-order valence-corrected chi connectivity index (χ3v) is 3.28. The minimum Gasteiger partial charge on any atom is -0.466 e. The Morgan fingerprint density at radius 3 is 2.53 bits per heavy atom. The number of rotatable bonds is 6. The fourth-order valence-electron chi connectivity index (χ4n) is 2.06. The average molecular weight is 263 g/mol. The minimum absolute atomic E-state index is 0.0719. The fourth-order valence-corrected chi connectivity index (χ4v) is 2.06. The number of nitrogens with zero attached hydrogens (tertiary/aromatic N) is 1. The molecule has 0 bridgehead atoms. The molecule has 0 heterocycles. The molecule has 0 fully saturated rings. The van der Waals surface area contributed by atoms with Gasteiger partial charge in [-0.3, -0.25) is 4.79 Å². The van der Waals surface area contributed by atoms with Crippen molar-refractivity contribution < 1.29 is 9.53 Å². The Bertz CT molecular complexity index is 413. The smallest absolute Gasteiger partial charge is 0.309 e. The molecule has 0 N–H and O–H groups in total. The molecule has 0 saturated heterocycles. The number of esters is 1. The van der Waals surface area contributed by atoms with Crippen LogP contribution in [-0.4, -0.2) is 26.7 Å². The Hall–Kier alpha value is -1.51. The Balaban J connectivity index is 2.84. The van der Waals surface area contributed by atoms with Gasteiger partial charge in [0, 0.05) is 19.8 Å². The second-order valence-electron chi connectivity index (χ2n) is 5.37. The summed E-state index contributed by atoms with van der Waals surface area (Å²) >= 11 is 0. The van der Waals surface area contributed by atoms with Crippen LogP contribution in [0.1, 0.15) is 26.3 Å². The predicted molar refractivity (Wildman–Crippen MR) is 79.4 cm³/mol. The summed E-state index contributed by atoms with van der Waals surface area (Å²) < 4.78 is 5.17. The lowest BCUT2D eigenvalue weighted by molar-refractivity contribution is -0.149. The van der Waals surface area contributed by atoms with Crippen LogP contribution in [0.2, 0.25) is 0 Å². The zero-order valence-corrected chi connectivity index (χ0v) is 12.6. The molecule has 0 radical (unpaired) electrons. The van der Waals surface area contributed by atoms with Crippen LogP contribution >= 0.6 is 0 Å². The van der Waals surface area contributed by atoms with Gasteiger partial charge in [0.1, 0.15) is 0 Å². The Kier molecular flexibility index (Phi) is 5.87. The van der Waals surface area contributed by atoms with Crippen LogP contribution in [0.5, 0.6) is 0 Å². The largest absolute Gasteiger partial charge is 0.466 e. The lowest BCUT2D eigenvalue weighted by atomic mass is 9.89. The topological polar surface area (TPSA) is 29.5 Å². The van der Waals surface area contributed by atoms with Gasteiger partial charge in [-0.2, -0.15) is 0 Å². The van der Waals surface area contributed by atoms with Crippen molar-refractivity contribution in [2.75, 3.05) is 25.6 Å². The molecule has 1 aromatic rings. The van der Waals surface area contributed by atoms with E-state index in [1.165, 1.54) is 5.56 Å². The molecule has 1 atom stereocenters. The maximum atomic E-state index is 12.0. The van der Waals surface area contributed by atoms with Gasteiger partial charge in [-0.25, -0.2) is 0 Å². The zero-order chi connectivity index (χ0) is 14.4. The third-order valence-electron chi connectivity index (χ3n) is 3.28. The highest BCUT2D eigenvalue weighted by molar-refractivity contribution is 5.73. The molecular weight excluding hydrogens is 238 g/mol. The van der Waals surface area contributed by atoms with Gasteiger partial charge in [-0.15, -0.1) is 0 Å². The SMILES string of the molecule is CCOC(=O)C(Cc1cccc(N(C)C)c1)C(C)C. The van der Waals surface area contributed by atoms with Crippen molar-refractivity contribution >= 4 is 11.7 Å². The summed E-state index contributed by atoms with van der Waals surface area (Å²) in [5, 5.41) is 0. The summed E-state index contributed by atoms with van der Waals surface area (Å²) in [4.78, 5) is 14.0. The van der Waals surface area contributed by atoms with Crippen molar-refractivity contribution in [2.24, 2.45) is 11.8 Å². The van der Waals surface area contributed by atoms with E-state index < -0.39 is 0 Å². The van der Waals surface area contributed by atoms with E-state index in [1.807, 2.05) is 27.1 Å². The van der Waals surface area contributed by atoms with Gasteiger partial charge < -0.3 is 9.64 Å². The molecule has 1 rings (SSSR count). The van der Waals surface area contributed by atoms with E-state index in [1.54, 1.807) is 0 Å². The molecule has 0 spiro atoms. The van der Waals surface area contributed by atoms with Crippen LogP contribution in [0.4, 0.5) is 5.69 Å². The Labute approximate surface area is 116 Å². The number of carbonyl (C=O) groups excluding carboxylic acids is 1. The van der Waals surface area contributed by atoms with Gasteiger partial charge >= 0.3 is 5.97 Å². The van der Waals surface area contributed by atoms with Crippen molar-refractivity contribution in [2.45, 2.75) is 27.2 Å². The third kappa shape index (κ3) is 4.58. The van der Waals surface area contributed by atoms with Gasteiger partial charge in [0.2, 0.25) is 0 Å². The van der Waals surface area contributed by atoms with Crippen LogP contribution in [-0.2, 0) is 16.0 Å². The molecule has 19 heavy (non-hydrogen) atoms. The molecule has 1 aromatic carbocycles. The Morgan fingerprint density at radius 1 is 1.32 bits per heavy atom. The first-order chi connectivity index (χ1) is 8.95. The van der Waals surface area contributed by atoms with E-state index in [4.69, 9.17) is 4.74 Å². The van der Waals surface area contributed by atoms with E-state index >= 15 is 0 Å². The second-order valence-corrected chi connectivity index (χ2v) is 5.37. The van der Waals surface area contributed by atoms with Gasteiger partial charge in [0.05, 0.1) is 12.5 Å². The minimum atomic E-state index is -0.0900. The Morgan fingerprint density at radius 2 is 2.00 bits per heavy atom. The van der Waals surface area contributed by atoms with Gasteiger partial charge in [0.25, 0.3) is 0 Å². The molecule has 1 unspecified atom stereocenters. The molecule has 0 aromatic heterocycles. The molecule has 0 aliphatic carbocycles. The monoisotopic (exact) mass is 263 g/mol. The van der Waals surface area contributed by atoms with Crippen molar-refractivity contribution in [3.05, 3.63) is 29.8 Å². The summed E-state index contributed by atoms with van der Waals surface area (Å²) in [6, 6.07) is 8.31. The second kappa shape index (κ2) is 7.17. The van der Waals surface area contributed by atoms with Crippen molar-refractivity contribution in [1.29, 1.82) is 0 Å². The van der Waals surface area contributed by atoms with E-state index in [9.17, 15) is 4.79 Å². The first-order valence-electron chi connectivity index (χ1n) is 6.88. The average Bonchev–Trinajstić information content (AvgIpc) is 2.36. The van der Waals surface area contributed by atoms with Gasteiger partial charge in [-0.05, 0) is 37.0 Å². The van der Waals surface area contributed by atoms with Crippen LogP contribution in [0.15, 0.2) is 24.3 Å². The number of benzene rings is 1. The van der Waals surface area contributed by atoms with E-state index in [0.29, 0.717) is 6.61 Å². The number of carbonyl (C=O) groups is 1. The van der Waals surface area contributed by atoms with E-state index in [-0.39, 0.29) is 17.8 Å². The molecule has 0 amide bonds. The van der Waals surface area contributed by atoms with Crippen LogP contribution in [0, 0.1) is 11.8 Å². The van der Waals surface area contributed by atoms with Gasteiger partial charge in [-0.1, -0.05) is 26.0 Å². The number of ether oxygens (including phenoxy) is 1. The number of hydrogen-bond acceptors (Lipinski definition) is 3. The van der Waals surface area contributed by atoms with Crippen molar-refractivity contribution in [3.63, 3.8) is 0 Å². The summed E-state index contributed by atoms with van der Waals surface area (Å²) in [6.45, 7) is 6.43. The maximum Gasteiger partial charge on any atom is 0.309 e. The fraction of sp³-hybridized carbons (Fsp3) is 0.562. The molecule has 0 saturated carbocycles. The standard InChI is InChI=1S/C16H25NO2/c1-6-19-16(18)15(12(2)3)11-13-8-7-9-14(10-13)17(4)5/h7-10,12,15H,6,11H2,1-5H3. The zero-order valence-electron chi connectivity index (χ0n) is 12.6. The predicted octanol–water partition coefficient (Wildman–Crippen LogP) is 3.13. The quantitative estimate of drug-likeness (QED) is 0.738. The summed E-state index contributed by atoms with van der Waals surface area (Å²) in [7, 11) is 4.04. The maximum absolute atomic E-state index is 12.0. The van der Waals surface area contributed by atoms with E-state index in [2.05, 4.69) is 36.9 Å². The van der Waals surface area contributed by atoms with E-state index in [0.717, 1.165) is 12.1 Å². The van der Waals surface area contributed by atoms with Gasteiger partial charge in [0.15, 0.2) is 0 Å². The molecule has 0 aliphatic rings. The van der Waals surface area contributed by atoms with Crippen molar-refractivity contribution in [3.8, 4) is 0 Å². The summed E-state index contributed by atoms with van der Waals surface area (Å²) in [6.07, 6.45) is 0.734. The molecule has 106 valence electrons. The molecular formula is C16H25NO2. The highest BCUT2D eigenvalue weighted by Gasteiger charge is 2.23. The number of hydrogen-bond donors (Lipinski definition) is 0.